The van der Waals surface area contributed by atoms with E-state index in [2.05, 4.69) is 10.4 Å². The molecule has 2 rings (SSSR count). The zero-order valence-corrected chi connectivity index (χ0v) is 16.8. The number of benzene rings is 1. The van der Waals surface area contributed by atoms with Crippen LogP contribution < -0.4 is 10.1 Å². The van der Waals surface area contributed by atoms with E-state index in [4.69, 9.17) is 27.9 Å². The minimum atomic E-state index is -0.470. The Kier molecular flexibility index (Phi) is 8.13. The molecule has 0 unspecified atom stereocenters. The summed E-state index contributed by atoms with van der Waals surface area (Å²) in [6, 6.07) is 6.56. The van der Waals surface area contributed by atoms with Crippen LogP contribution in [0.25, 0.3) is 0 Å². The van der Waals surface area contributed by atoms with Crippen LogP contribution in [0.3, 0.4) is 0 Å². The van der Waals surface area contributed by atoms with Crippen molar-refractivity contribution in [2.45, 2.75) is 32.7 Å². The minimum Gasteiger partial charge on any atom is -0.491 e. The highest BCUT2D eigenvalue weighted by Crippen LogP contribution is 2.21. The molecule has 1 amide bonds. The average molecular weight is 414 g/mol. The van der Waals surface area contributed by atoms with Crippen molar-refractivity contribution < 1.29 is 13.9 Å². The fourth-order valence-electron chi connectivity index (χ4n) is 2.53. The molecule has 0 atom stereocenters. The van der Waals surface area contributed by atoms with E-state index in [1.165, 1.54) is 4.68 Å². The first kappa shape index (κ1) is 21.3. The molecule has 8 heteroatoms. The number of ether oxygens (including phenoxy) is 1. The summed E-state index contributed by atoms with van der Waals surface area (Å²) in [5, 5.41) is 6.83. The highest BCUT2D eigenvalue weighted by Gasteiger charge is 2.14. The Morgan fingerprint density at radius 2 is 2.15 bits per heavy atom. The number of hydrogen-bond acceptors (Lipinski definition) is 3. The molecular weight excluding hydrogens is 392 g/mol. The Bertz CT molecular complexity index is 817. The molecule has 1 heterocycles. The van der Waals surface area contributed by atoms with E-state index in [0.717, 1.165) is 25.0 Å². The van der Waals surface area contributed by atoms with Gasteiger partial charge in [0.15, 0.2) is 11.6 Å². The summed E-state index contributed by atoms with van der Waals surface area (Å²) in [6.45, 7) is 2.25. The van der Waals surface area contributed by atoms with E-state index in [-0.39, 0.29) is 22.7 Å². The second kappa shape index (κ2) is 10.3. The van der Waals surface area contributed by atoms with Crippen LogP contribution in [-0.2, 0) is 13.6 Å². The first-order chi connectivity index (χ1) is 12.9. The summed E-state index contributed by atoms with van der Waals surface area (Å²) in [6.07, 6.45) is 4.05. The molecule has 0 aliphatic rings. The Morgan fingerprint density at radius 3 is 2.81 bits per heavy atom. The van der Waals surface area contributed by atoms with E-state index >= 15 is 0 Å². The van der Waals surface area contributed by atoms with Gasteiger partial charge in [-0.1, -0.05) is 41.4 Å². The molecule has 146 valence electrons. The molecule has 2 aromatic rings. The van der Waals surface area contributed by atoms with Crippen LogP contribution in [0.15, 0.2) is 34.8 Å². The van der Waals surface area contributed by atoms with Gasteiger partial charge in [-0.2, -0.15) is 5.10 Å². The fraction of sp³-hybridized carbons (Fsp3) is 0.368. The quantitative estimate of drug-likeness (QED) is 0.607. The van der Waals surface area contributed by atoms with E-state index in [1.54, 1.807) is 44.3 Å². The van der Waals surface area contributed by atoms with Crippen molar-refractivity contribution in [3.05, 3.63) is 57.6 Å². The minimum absolute atomic E-state index is 0.0606. The Hall–Kier alpha value is -2.05. The number of carbonyl (C=O) groups is 1. The van der Waals surface area contributed by atoms with Gasteiger partial charge in [0.2, 0.25) is 0 Å². The largest absolute Gasteiger partial charge is 0.491 e. The van der Waals surface area contributed by atoms with Gasteiger partial charge in [-0.3, -0.25) is 9.48 Å². The Morgan fingerprint density at radius 1 is 1.37 bits per heavy atom. The normalized spacial score (nSPS) is 10.6. The standard InChI is InChI=1S/C19H22Cl2FN3O2/c1-13-11-15(25(2)24-13)19(26)23-12-14-7-6-8-16(18(14)22)27-10-5-3-4-9-17(20)21/h6-9,11H,3-5,10,12H2,1-2H3,(H,23,26). The van der Waals surface area contributed by atoms with Crippen molar-refractivity contribution in [3.8, 4) is 5.75 Å². The number of allylic oxidation sites excluding steroid dienone is 1. The predicted octanol–water partition coefficient (Wildman–Crippen LogP) is 4.67. The van der Waals surface area contributed by atoms with E-state index in [1.807, 2.05) is 0 Å². The van der Waals surface area contributed by atoms with E-state index in [0.29, 0.717) is 17.9 Å². The van der Waals surface area contributed by atoms with Crippen molar-refractivity contribution in [2.24, 2.45) is 7.05 Å². The van der Waals surface area contributed by atoms with Gasteiger partial charge in [0.25, 0.3) is 5.91 Å². The van der Waals surface area contributed by atoms with Crippen LogP contribution in [0.1, 0.15) is 41.0 Å². The molecule has 0 spiro atoms. The second-order valence-electron chi connectivity index (χ2n) is 6.04. The van der Waals surface area contributed by atoms with Crippen LogP contribution >= 0.6 is 23.2 Å². The fourth-order valence-corrected chi connectivity index (χ4v) is 2.75. The number of rotatable bonds is 9. The van der Waals surface area contributed by atoms with Crippen molar-refractivity contribution in [2.75, 3.05) is 6.61 Å². The van der Waals surface area contributed by atoms with Gasteiger partial charge in [-0.15, -0.1) is 0 Å². The van der Waals surface area contributed by atoms with Crippen LogP contribution in [0.2, 0.25) is 0 Å². The third-order valence-corrected chi connectivity index (χ3v) is 4.18. The predicted molar refractivity (Wildman–Crippen MR) is 105 cm³/mol. The molecule has 1 aromatic carbocycles. The molecule has 1 N–H and O–H groups in total. The molecule has 0 radical (unpaired) electrons. The number of nitrogens with one attached hydrogen (secondary N) is 1. The molecule has 0 fully saturated rings. The van der Waals surface area contributed by atoms with Crippen LogP contribution in [-0.4, -0.2) is 22.3 Å². The summed E-state index contributed by atoms with van der Waals surface area (Å²) in [5.41, 5.74) is 1.52. The SMILES string of the molecule is Cc1cc(C(=O)NCc2cccc(OCCCCC=C(Cl)Cl)c2F)n(C)n1. The molecule has 0 aliphatic heterocycles. The third kappa shape index (κ3) is 6.56. The summed E-state index contributed by atoms with van der Waals surface area (Å²) >= 11 is 11.1. The Balaban J connectivity index is 1.87. The smallest absolute Gasteiger partial charge is 0.269 e. The summed E-state index contributed by atoms with van der Waals surface area (Å²) in [5.74, 6) is -0.610. The summed E-state index contributed by atoms with van der Waals surface area (Å²) in [4.78, 5) is 12.2. The molecule has 0 bridgehead atoms. The van der Waals surface area contributed by atoms with E-state index in [9.17, 15) is 9.18 Å². The summed E-state index contributed by atoms with van der Waals surface area (Å²) in [7, 11) is 1.69. The maximum Gasteiger partial charge on any atom is 0.269 e. The van der Waals surface area contributed by atoms with Crippen molar-refractivity contribution >= 4 is 29.1 Å². The first-order valence-electron chi connectivity index (χ1n) is 8.58. The van der Waals surface area contributed by atoms with Gasteiger partial charge in [-0.25, -0.2) is 4.39 Å². The lowest BCUT2D eigenvalue weighted by atomic mass is 10.2. The topological polar surface area (TPSA) is 56.1 Å². The van der Waals surface area contributed by atoms with Gasteiger partial charge in [0, 0.05) is 19.2 Å². The lowest BCUT2D eigenvalue weighted by Crippen LogP contribution is -2.25. The molecule has 5 nitrogen and oxygen atoms in total. The van der Waals surface area contributed by atoms with Gasteiger partial charge >= 0.3 is 0 Å². The molecule has 0 aliphatic carbocycles. The van der Waals surface area contributed by atoms with Crippen LogP contribution in [0, 0.1) is 12.7 Å². The number of aryl methyl sites for hydroxylation is 2. The van der Waals surface area contributed by atoms with E-state index < -0.39 is 5.82 Å². The van der Waals surface area contributed by atoms with Crippen molar-refractivity contribution in [3.63, 3.8) is 0 Å². The molecular formula is C19H22Cl2FN3O2. The zero-order chi connectivity index (χ0) is 19.8. The second-order valence-corrected chi connectivity index (χ2v) is 7.05. The van der Waals surface area contributed by atoms with Gasteiger partial charge in [0.05, 0.1) is 12.3 Å². The third-order valence-electron chi connectivity index (χ3n) is 3.87. The molecule has 0 saturated heterocycles. The number of halogens is 3. The number of unbranched alkanes of at least 4 members (excludes halogenated alkanes) is 2. The first-order valence-corrected chi connectivity index (χ1v) is 9.34. The number of nitrogens with zero attached hydrogens (tertiary/aromatic N) is 2. The molecule has 27 heavy (non-hydrogen) atoms. The number of hydrogen-bond donors (Lipinski definition) is 1. The van der Waals surface area contributed by atoms with Crippen molar-refractivity contribution in [1.29, 1.82) is 0 Å². The zero-order valence-electron chi connectivity index (χ0n) is 15.3. The van der Waals surface area contributed by atoms with Crippen LogP contribution in [0.5, 0.6) is 5.75 Å². The lowest BCUT2D eigenvalue weighted by Gasteiger charge is -2.11. The average Bonchev–Trinajstić information content (AvgIpc) is 2.96. The van der Waals surface area contributed by atoms with Crippen molar-refractivity contribution in [1.82, 2.24) is 15.1 Å². The number of aromatic nitrogens is 2. The maximum atomic E-state index is 14.6. The monoisotopic (exact) mass is 413 g/mol. The summed E-state index contributed by atoms with van der Waals surface area (Å²) < 4.78 is 21.8. The number of amides is 1. The Labute approximate surface area is 168 Å². The highest BCUT2D eigenvalue weighted by molar-refractivity contribution is 6.55. The van der Waals surface area contributed by atoms with Gasteiger partial charge in [0.1, 0.15) is 10.2 Å². The lowest BCUT2D eigenvalue weighted by molar-refractivity contribution is 0.0941. The highest BCUT2D eigenvalue weighted by atomic mass is 35.5. The maximum absolute atomic E-state index is 14.6. The number of carbonyl (C=O) groups excluding carboxylic acids is 1. The molecule has 1 aromatic heterocycles. The molecule has 0 saturated carbocycles. The van der Waals surface area contributed by atoms with Gasteiger partial charge in [-0.05, 0) is 38.3 Å². The van der Waals surface area contributed by atoms with Crippen LogP contribution in [0.4, 0.5) is 4.39 Å². The van der Waals surface area contributed by atoms with Gasteiger partial charge < -0.3 is 10.1 Å².